The van der Waals surface area contributed by atoms with Gasteiger partial charge in [0.1, 0.15) is 6.04 Å². The van der Waals surface area contributed by atoms with E-state index in [4.69, 9.17) is 5.11 Å². The zero-order chi connectivity index (χ0) is 15.7. The molecule has 0 aliphatic rings. The first-order valence-electron chi connectivity index (χ1n) is 6.90. The summed E-state index contributed by atoms with van der Waals surface area (Å²) < 4.78 is 0. The smallest absolute Gasteiger partial charge is 0.326 e. The minimum Gasteiger partial charge on any atom is -0.480 e. The third-order valence-electron chi connectivity index (χ3n) is 2.90. The minimum absolute atomic E-state index is 0.281. The van der Waals surface area contributed by atoms with Crippen LogP contribution in [0.15, 0.2) is 36.4 Å². The maximum absolute atomic E-state index is 12.0. The first kappa shape index (κ1) is 17.3. The second-order valence-corrected chi connectivity index (χ2v) is 5.78. The van der Waals surface area contributed by atoms with Gasteiger partial charge in [-0.2, -0.15) is 11.8 Å². The molecule has 1 aromatic carbocycles. The molecular formula is C16H21NO3S. The molecule has 1 atom stereocenters. The van der Waals surface area contributed by atoms with Crippen LogP contribution in [0.1, 0.15) is 36.2 Å². The van der Waals surface area contributed by atoms with E-state index in [0.29, 0.717) is 5.56 Å². The maximum Gasteiger partial charge on any atom is 0.326 e. The molecule has 0 bridgehead atoms. The van der Waals surface area contributed by atoms with Crippen molar-refractivity contribution in [1.29, 1.82) is 0 Å². The van der Waals surface area contributed by atoms with Crippen molar-refractivity contribution in [2.75, 3.05) is 5.75 Å². The highest BCUT2D eigenvalue weighted by atomic mass is 32.2. The molecule has 0 aliphatic heterocycles. The second-order valence-electron chi connectivity index (χ2n) is 4.50. The Bertz CT molecular complexity index is 497. The molecule has 0 saturated heterocycles. The fourth-order valence-electron chi connectivity index (χ4n) is 1.71. The van der Waals surface area contributed by atoms with E-state index in [9.17, 15) is 9.59 Å². The lowest BCUT2D eigenvalue weighted by atomic mass is 10.1. The first-order valence-corrected chi connectivity index (χ1v) is 8.05. The van der Waals surface area contributed by atoms with E-state index >= 15 is 0 Å². The molecule has 0 aromatic heterocycles. The van der Waals surface area contributed by atoms with Gasteiger partial charge in [0.05, 0.1) is 0 Å². The van der Waals surface area contributed by atoms with Crippen LogP contribution in [0.2, 0.25) is 0 Å². The number of nitrogens with one attached hydrogen (secondary N) is 1. The van der Waals surface area contributed by atoms with Crippen molar-refractivity contribution in [2.45, 2.75) is 32.1 Å². The Hall–Kier alpha value is -1.75. The number of carboxylic acids is 1. The molecule has 1 unspecified atom stereocenters. The summed E-state index contributed by atoms with van der Waals surface area (Å²) in [5.74, 6) is 0.573. The number of rotatable bonds is 8. The molecule has 0 fully saturated rings. The lowest BCUT2D eigenvalue weighted by molar-refractivity contribution is -0.139. The monoisotopic (exact) mass is 307 g/mol. The van der Waals surface area contributed by atoms with Crippen molar-refractivity contribution in [3.8, 4) is 0 Å². The van der Waals surface area contributed by atoms with Gasteiger partial charge in [0.2, 0.25) is 0 Å². The highest BCUT2D eigenvalue weighted by Crippen LogP contribution is 2.13. The minimum atomic E-state index is -1.03. The molecule has 1 aromatic rings. The Morgan fingerprint density at radius 2 is 2.00 bits per heavy atom. The first-order chi connectivity index (χ1) is 10.1. The molecule has 1 rings (SSSR count). The van der Waals surface area contributed by atoms with Gasteiger partial charge >= 0.3 is 5.97 Å². The number of hydrogen-bond acceptors (Lipinski definition) is 3. The van der Waals surface area contributed by atoms with Crippen molar-refractivity contribution in [1.82, 2.24) is 5.32 Å². The zero-order valence-corrected chi connectivity index (χ0v) is 13.2. The van der Waals surface area contributed by atoms with Crippen LogP contribution in [-0.4, -0.2) is 28.8 Å². The molecule has 1 amide bonds. The zero-order valence-electron chi connectivity index (χ0n) is 12.3. The van der Waals surface area contributed by atoms with Gasteiger partial charge in [-0.3, -0.25) is 4.79 Å². The summed E-state index contributed by atoms with van der Waals surface area (Å²) in [6.07, 6.45) is 3.77. The van der Waals surface area contributed by atoms with Gasteiger partial charge < -0.3 is 10.4 Å². The van der Waals surface area contributed by atoms with E-state index in [1.807, 2.05) is 30.8 Å². The van der Waals surface area contributed by atoms with E-state index in [1.165, 1.54) is 0 Å². The Labute approximate surface area is 129 Å². The molecule has 114 valence electrons. The van der Waals surface area contributed by atoms with Gasteiger partial charge in [-0.1, -0.05) is 31.2 Å². The number of carboxylic acid groups (broad SMARTS) is 1. The van der Waals surface area contributed by atoms with Crippen LogP contribution < -0.4 is 5.32 Å². The van der Waals surface area contributed by atoms with Gasteiger partial charge in [-0.15, -0.1) is 0 Å². The van der Waals surface area contributed by atoms with Gasteiger partial charge in [0.25, 0.3) is 5.91 Å². The predicted octanol–water partition coefficient (Wildman–Crippen LogP) is 3.09. The van der Waals surface area contributed by atoms with Crippen LogP contribution >= 0.6 is 11.8 Å². The van der Waals surface area contributed by atoms with Gasteiger partial charge in [-0.25, -0.2) is 4.79 Å². The van der Waals surface area contributed by atoms with Crippen molar-refractivity contribution in [2.24, 2.45) is 0 Å². The quantitative estimate of drug-likeness (QED) is 0.724. The summed E-state index contributed by atoms with van der Waals surface area (Å²) in [6.45, 7) is 3.91. The molecule has 0 heterocycles. The van der Waals surface area contributed by atoms with Crippen molar-refractivity contribution in [3.63, 3.8) is 0 Å². The Morgan fingerprint density at radius 1 is 1.33 bits per heavy atom. The van der Waals surface area contributed by atoms with E-state index in [0.717, 1.165) is 17.1 Å². The number of hydrogen-bond donors (Lipinski definition) is 2. The highest BCUT2D eigenvalue weighted by Gasteiger charge is 2.19. The number of carbonyl (C=O) groups is 2. The summed E-state index contributed by atoms with van der Waals surface area (Å²) in [5, 5.41) is 11.6. The summed E-state index contributed by atoms with van der Waals surface area (Å²) in [5.41, 5.74) is 1.63. The average Bonchev–Trinajstić information content (AvgIpc) is 2.49. The van der Waals surface area contributed by atoms with E-state index in [1.54, 1.807) is 24.3 Å². The van der Waals surface area contributed by atoms with Crippen LogP contribution in [0.5, 0.6) is 0 Å². The topological polar surface area (TPSA) is 66.4 Å². The molecule has 4 nitrogen and oxygen atoms in total. The largest absolute Gasteiger partial charge is 0.480 e. The molecular weight excluding hydrogens is 286 g/mol. The van der Waals surface area contributed by atoms with Crippen molar-refractivity contribution < 1.29 is 14.7 Å². The summed E-state index contributed by atoms with van der Waals surface area (Å²) in [6, 6.07) is 6.37. The third kappa shape index (κ3) is 6.04. The average molecular weight is 307 g/mol. The molecule has 0 radical (unpaired) electrons. The third-order valence-corrected chi connectivity index (χ3v) is 3.85. The number of carbonyl (C=O) groups excluding carboxylic acids is 1. The summed E-state index contributed by atoms with van der Waals surface area (Å²) in [7, 11) is 0. The van der Waals surface area contributed by atoms with E-state index < -0.39 is 12.0 Å². The van der Waals surface area contributed by atoms with Crippen LogP contribution in [0, 0.1) is 0 Å². The molecule has 21 heavy (non-hydrogen) atoms. The normalized spacial score (nSPS) is 12.3. The molecule has 0 aliphatic carbocycles. The van der Waals surface area contributed by atoms with E-state index in [-0.39, 0.29) is 12.3 Å². The van der Waals surface area contributed by atoms with Crippen molar-refractivity contribution >= 4 is 23.6 Å². The molecule has 2 N–H and O–H groups in total. The van der Waals surface area contributed by atoms with Crippen LogP contribution in [0.25, 0.3) is 0 Å². The number of thioether (sulfide) groups is 1. The van der Waals surface area contributed by atoms with Gasteiger partial charge in [0.15, 0.2) is 0 Å². The lowest BCUT2D eigenvalue weighted by Crippen LogP contribution is -2.40. The number of benzene rings is 1. The van der Waals surface area contributed by atoms with Crippen LogP contribution in [0.4, 0.5) is 0 Å². The standard InChI is InChI=1S/C16H21NO3S/c1-3-5-6-14(16(19)20)17-15(18)13-9-7-12(8-10-13)11-21-4-2/h3,5,7-10,14H,4,6,11H2,1-2H3,(H,17,18)(H,19,20)/b5-3+. The maximum atomic E-state index is 12.0. The van der Waals surface area contributed by atoms with Gasteiger partial charge in [0, 0.05) is 11.3 Å². The Morgan fingerprint density at radius 3 is 2.52 bits per heavy atom. The number of allylic oxidation sites excluding steroid dienone is 1. The highest BCUT2D eigenvalue weighted by molar-refractivity contribution is 7.98. The summed E-state index contributed by atoms with van der Waals surface area (Å²) in [4.78, 5) is 23.1. The fourth-order valence-corrected chi connectivity index (χ4v) is 2.34. The summed E-state index contributed by atoms with van der Waals surface area (Å²) >= 11 is 1.81. The van der Waals surface area contributed by atoms with Crippen LogP contribution in [-0.2, 0) is 10.5 Å². The lowest BCUT2D eigenvalue weighted by Gasteiger charge is -2.12. The Kier molecular flexibility index (Phi) is 7.61. The second kappa shape index (κ2) is 9.23. The molecule has 0 saturated carbocycles. The number of aliphatic carboxylic acids is 1. The van der Waals surface area contributed by atoms with Crippen molar-refractivity contribution in [3.05, 3.63) is 47.5 Å². The molecule has 0 spiro atoms. The van der Waals surface area contributed by atoms with Gasteiger partial charge in [-0.05, 0) is 36.8 Å². The number of amides is 1. The Balaban J connectivity index is 2.67. The fraction of sp³-hybridized carbons (Fsp3) is 0.375. The van der Waals surface area contributed by atoms with E-state index in [2.05, 4.69) is 12.2 Å². The van der Waals surface area contributed by atoms with Crippen LogP contribution in [0.3, 0.4) is 0 Å². The SMILES string of the molecule is C/C=C/CC(NC(=O)c1ccc(CSCC)cc1)C(=O)O. The predicted molar refractivity (Wildman–Crippen MR) is 86.6 cm³/mol. The molecule has 5 heteroatoms.